The van der Waals surface area contributed by atoms with E-state index in [2.05, 4.69) is 17.1 Å². The van der Waals surface area contributed by atoms with Crippen LogP contribution in [0.3, 0.4) is 0 Å². The fraction of sp³-hybridized carbons (Fsp3) is 0.538. The van der Waals surface area contributed by atoms with Gasteiger partial charge in [-0.3, -0.25) is 4.90 Å². The van der Waals surface area contributed by atoms with Gasteiger partial charge in [0.15, 0.2) is 0 Å². The van der Waals surface area contributed by atoms with Crippen molar-refractivity contribution in [3.05, 3.63) is 18.2 Å². The minimum Gasteiger partial charge on any atom is -0.397 e. The number of rotatable bonds is 5. The maximum Gasteiger partial charge on any atom is 0.238 e. The van der Waals surface area contributed by atoms with Crippen LogP contribution < -0.4 is 16.2 Å². The molecular weight excluding hydrogens is 276 g/mol. The first-order valence-corrected chi connectivity index (χ1v) is 8.33. The summed E-state index contributed by atoms with van der Waals surface area (Å²) in [6.45, 7) is 5.11. The summed E-state index contributed by atoms with van der Waals surface area (Å²) >= 11 is 0. The normalized spacial score (nSPS) is 18.1. The van der Waals surface area contributed by atoms with Crippen molar-refractivity contribution in [2.75, 3.05) is 30.7 Å². The Balaban J connectivity index is 2.05. The van der Waals surface area contributed by atoms with Gasteiger partial charge in [-0.25, -0.2) is 13.6 Å². The lowest BCUT2D eigenvalue weighted by atomic mass is 10.2. The van der Waals surface area contributed by atoms with Crippen molar-refractivity contribution >= 4 is 21.4 Å². The molecule has 1 fully saturated rings. The molecule has 1 aromatic carbocycles. The van der Waals surface area contributed by atoms with Gasteiger partial charge in [0.2, 0.25) is 10.0 Å². The van der Waals surface area contributed by atoms with Crippen LogP contribution in [0.25, 0.3) is 0 Å². The summed E-state index contributed by atoms with van der Waals surface area (Å²) in [5.41, 5.74) is 6.99. The monoisotopic (exact) mass is 298 g/mol. The number of anilines is 2. The van der Waals surface area contributed by atoms with E-state index in [1.165, 1.54) is 25.0 Å². The van der Waals surface area contributed by atoms with Gasteiger partial charge in [-0.05, 0) is 51.1 Å². The lowest BCUT2D eigenvalue weighted by molar-refractivity contribution is 0.269. The second kappa shape index (κ2) is 5.99. The van der Waals surface area contributed by atoms with Crippen LogP contribution in [0, 0.1) is 0 Å². The van der Waals surface area contributed by atoms with Crippen LogP contribution in [0.1, 0.15) is 19.8 Å². The van der Waals surface area contributed by atoms with Crippen molar-refractivity contribution in [1.82, 2.24) is 4.90 Å². The van der Waals surface area contributed by atoms with Gasteiger partial charge in [-0.15, -0.1) is 0 Å². The Labute approximate surface area is 120 Å². The molecule has 1 aliphatic heterocycles. The van der Waals surface area contributed by atoms with E-state index in [1.54, 1.807) is 6.07 Å². The first-order chi connectivity index (χ1) is 9.38. The largest absolute Gasteiger partial charge is 0.397 e. The van der Waals surface area contributed by atoms with E-state index in [0.29, 0.717) is 17.4 Å². The first-order valence-electron chi connectivity index (χ1n) is 6.78. The standard InChI is InChI=1S/C13H22N4O2S/c1-10(17-6-2-3-7-17)9-16-13-8-11(20(15,18)19)4-5-12(13)14/h4-5,8,10,16H,2-3,6-7,9,14H2,1H3,(H2,15,18,19). The summed E-state index contributed by atoms with van der Waals surface area (Å²) in [7, 11) is -3.70. The molecule has 0 bridgehead atoms. The molecule has 1 heterocycles. The molecule has 1 unspecified atom stereocenters. The Morgan fingerprint density at radius 3 is 2.60 bits per heavy atom. The highest BCUT2D eigenvalue weighted by molar-refractivity contribution is 7.89. The maximum absolute atomic E-state index is 11.3. The quantitative estimate of drug-likeness (QED) is 0.698. The number of primary sulfonamides is 1. The molecule has 5 N–H and O–H groups in total. The summed E-state index contributed by atoms with van der Waals surface area (Å²) in [6, 6.07) is 4.85. The Morgan fingerprint density at radius 2 is 2.00 bits per heavy atom. The molecule has 0 spiro atoms. The highest BCUT2D eigenvalue weighted by atomic mass is 32.2. The van der Waals surface area contributed by atoms with Crippen molar-refractivity contribution in [3.8, 4) is 0 Å². The smallest absolute Gasteiger partial charge is 0.238 e. The predicted octanol–water partition coefficient (Wildman–Crippen LogP) is 0.812. The predicted molar refractivity (Wildman–Crippen MR) is 81.0 cm³/mol. The van der Waals surface area contributed by atoms with Crippen molar-refractivity contribution in [3.63, 3.8) is 0 Å². The van der Waals surface area contributed by atoms with Gasteiger partial charge in [0.05, 0.1) is 16.3 Å². The van der Waals surface area contributed by atoms with Crippen molar-refractivity contribution in [2.45, 2.75) is 30.7 Å². The van der Waals surface area contributed by atoms with E-state index in [4.69, 9.17) is 10.9 Å². The number of nitrogen functional groups attached to an aromatic ring is 1. The number of nitrogens with two attached hydrogens (primary N) is 2. The van der Waals surface area contributed by atoms with Gasteiger partial charge >= 0.3 is 0 Å². The third-order valence-corrected chi connectivity index (χ3v) is 4.62. The second-order valence-corrected chi connectivity index (χ2v) is 6.83. The van der Waals surface area contributed by atoms with Crippen LogP contribution in [-0.2, 0) is 10.0 Å². The molecule has 0 amide bonds. The molecule has 0 aliphatic carbocycles. The summed E-state index contributed by atoms with van der Waals surface area (Å²) in [5, 5.41) is 8.34. The van der Waals surface area contributed by atoms with Gasteiger partial charge in [0.25, 0.3) is 0 Å². The third kappa shape index (κ3) is 3.62. The summed E-state index contributed by atoms with van der Waals surface area (Å²) in [4.78, 5) is 2.48. The number of hydrogen-bond acceptors (Lipinski definition) is 5. The number of nitrogens with one attached hydrogen (secondary N) is 1. The highest BCUT2D eigenvalue weighted by Gasteiger charge is 2.18. The molecule has 7 heteroatoms. The molecule has 2 rings (SSSR count). The number of hydrogen-bond donors (Lipinski definition) is 3. The molecule has 20 heavy (non-hydrogen) atoms. The summed E-state index contributed by atoms with van der Waals surface area (Å²) in [5.74, 6) is 0. The van der Waals surface area contributed by atoms with E-state index in [0.717, 1.165) is 19.6 Å². The maximum atomic E-state index is 11.3. The number of likely N-dealkylation sites (tertiary alicyclic amines) is 1. The SMILES string of the molecule is CC(CNc1cc(S(N)(=O)=O)ccc1N)N1CCCC1. The Morgan fingerprint density at radius 1 is 1.35 bits per heavy atom. The second-order valence-electron chi connectivity index (χ2n) is 5.27. The van der Waals surface area contributed by atoms with E-state index in [-0.39, 0.29) is 4.90 Å². The topological polar surface area (TPSA) is 101 Å². The zero-order valence-corrected chi connectivity index (χ0v) is 12.5. The zero-order valence-electron chi connectivity index (χ0n) is 11.7. The van der Waals surface area contributed by atoms with E-state index in [9.17, 15) is 8.42 Å². The van der Waals surface area contributed by atoms with Gasteiger partial charge in [-0.1, -0.05) is 0 Å². The molecule has 1 saturated heterocycles. The first kappa shape index (κ1) is 15.1. The molecule has 112 valence electrons. The average molecular weight is 298 g/mol. The van der Waals surface area contributed by atoms with E-state index >= 15 is 0 Å². The van der Waals surface area contributed by atoms with Gasteiger partial charge in [-0.2, -0.15) is 0 Å². The lowest BCUT2D eigenvalue weighted by Crippen LogP contribution is -2.35. The van der Waals surface area contributed by atoms with Crippen molar-refractivity contribution in [1.29, 1.82) is 0 Å². The average Bonchev–Trinajstić information content (AvgIpc) is 2.90. The van der Waals surface area contributed by atoms with Gasteiger partial charge in [0.1, 0.15) is 0 Å². The number of benzene rings is 1. The van der Waals surface area contributed by atoms with Crippen LogP contribution in [0.4, 0.5) is 11.4 Å². The molecule has 6 nitrogen and oxygen atoms in total. The minimum atomic E-state index is -3.70. The van der Waals surface area contributed by atoms with Crippen LogP contribution in [0.15, 0.2) is 23.1 Å². The fourth-order valence-corrected chi connectivity index (χ4v) is 2.97. The van der Waals surface area contributed by atoms with Gasteiger partial charge < -0.3 is 11.1 Å². The molecular formula is C13H22N4O2S. The fourth-order valence-electron chi connectivity index (χ4n) is 2.43. The summed E-state index contributed by atoms with van der Waals surface area (Å²) < 4.78 is 22.7. The molecule has 1 aromatic rings. The van der Waals surface area contributed by atoms with Crippen LogP contribution in [0.5, 0.6) is 0 Å². The van der Waals surface area contributed by atoms with E-state index < -0.39 is 10.0 Å². The van der Waals surface area contributed by atoms with Crippen molar-refractivity contribution < 1.29 is 8.42 Å². The zero-order chi connectivity index (χ0) is 14.8. The van der Waals surface area contributed by atoms with E-state index in [1.807, 2.05) is 0 Å². The molecule has 1 atom stereocenters. The van der Waals surface area contributed by atoms with Crippen molar-refractivity contribution in [2.24, 2.45) is 5.14 Å². The molecule has 0 saturated carbocycles. The third-order valence-electron chi connectivity index (χ3n) is 3.71. The summed E-state index contributed by atoms with van der Waals surface area (Å²) in [6.07, 6.45) is 2.49. The Hall–Kier alpha value is -1.31. The number of nitrogens with zero attached hydrogens (tertiary/aromatic N) is 1. The Bertz CT molecular complexity index is 568. The molecule has 1 aliphatic rings. The molecule has 0 radical (unpaired) electrons. The Kier molecular flexibility index (Phi) is 4.52. The highest BCUT2D eigenvalue weighted by Crippen LogP contribution is 2.22. The minimum absolute atomic E-state index is 0.0722. The van der Waals surface area contributed by atoms with Crippen LogP contribution in [0.2, 0.25) is 0 Å². The number of sulfonamides is 1. The van der Waals surface area contributed by atoms with Gasteiger partial charge in [0, 0.05) is 12.6 Å². The molecule has 0 aromatic heterocycles. The van der Waals surface area contributed by atoms with Crippen LogP contribution >= 0.6 is 0 Å². The van der Waals surface area contributed by atoms with Crippen LogP contribution in [-0.4, -0.2) is 39.0 Å². The lowest BCUT2D eigenvalue weighted by Gasteiger charge is -2.24.